The van der Waals surface area contributed by atoms with Crippen LogP contribution in [-0.2, 0) is 13.1 Å². The van der Waals surface area contributed by atoms with Crippen LogP contribution in [0.4, 0.5) is 5.69 Å². The van der Waals surface area contributed by atoms with E-state index in [4.69, 9.17) is 21.1 Å². The van der Waals surface area contributed by atoms with E-state index < -0.39 is 0 Å². The molecule has 0 amide bonds. The number of pyridine rings is 1. The van der Waals surface area contributed by atoms with Crippen LogP contribution < -0.4 is 25.2 Å². The molecule has 1 aromatic heterocycles. The molecule has 36 heavy (non-hydrogen) atoms. The Morgan fingerprint density at radius 1 is 0.917 bits per heavy atom. The van der Waals surface area contributed by atoms with Gasteiger partial charge in [0.15, 0.2) is 11.5 Å². The van der Waals surface area contributed by atoms with Crippen LogP contribution >= 0.6 is 11.6 Å². The van der Waals surface area contributed by atoms with Crippen LogP contribution in [0.25, 0.3) is 10.9 Å². The number of ether oxygens (including phenoxy) is 2. The van der Waals surface area contributed by atoms with Crippen LogP contribution in [0.5, 0.6) is 11.5 Å². The van der Waals surface area contributed by atoms with Gasteiger partial charge in [0.2, 0.25) is 6.79 Å². The molecule has 2 aliphatic heterocycles. The van der Waals surface area contributed by atoms with E-state index >= 15 is 0 Å². The maximum absolute atomic E-state index is 13.6. The van der Waals surface area contributed by atoms with Crippen molar-refractivity contribution in [1.29, 1.82) is 0 Å². The summed E-state index contributed by atoms with van der Waals surface area (Å²) in [4.78, 5) is 16.0. The minimum absolute atomic E-state index is 0.0201. The molecule has 1 fully saturated rings. The van der Waals surface area contributed by atoms with E-state index in [0.29, 0.717) is 24.2 Å². The summed E-state index contributed by atoms with van der Waals surface area (Å²) in [5.74, 6) is 1.54. The average Bonchev–Trinajstić information content (AvgIpc) is 3.38. The standard InChI is InChI=1S/C29H28ClN3O3/c30-22-7-8-25-24(15-22)26(16-29(34)33(25)17-20-4-2-1-3-5-20)32(23-10-12-31-13-11-23)18-21-6-9-27-28(14-21)36-19-35-27/h1-9,14-16,23,31H,10-13,17-19H2. The number of hydrogen-bond acceptors (Lipinski definition) is 5. The van der Waals surface area contributed by atoms with E-state index in [1.165, 1.54) is 0 Å². The van der Waals surface area contributed by atoms with Gasteiger partial charge in [-0.15, -0.1) is 0 Å². The number of nitrogens with zero attached hydrogens (tertiary/aromatic N) is 2. The Balaban J connectivity index is 1.47. The third kappa shape index (κ3) is 4.54. The van der Waals surface area contributed by atoms with Crippen molar-refractivity contribution in [3.8, 4) is 11.5 Å². The van der Waals surface area contributed by atoms with Gasteiger partial charge in [-0.1, -0.05) is 48.0 Å². The van der Waals surface area contributed by atoms with E-state index in [1.54, 1.807) is 6.07 Å². The van der Waals surface area contributed by atoms with Crippen LogP contribution in [0.3, 0.4) is 0 Å². The topological polar surface area (TPSA) is 55.7 Å². The summed E-state index contributed by atoms with van der Waals surface area (Å²) < 4.78 is 13.0. The molecule has 6 nitrogen and oxygen atoms in total. The number of anilines is 1. The Labute approximate surface area is 215 Å². The number of nitrogens with one attached hydrogen (secondary N) is 1. The monoisotopic (exact) mass is 501 g/mol. The van der Waals surface area contributed by atoms with Gasteiger partial charge in [-0.05, 0) is 67.4 Å². The summed E-state index contributed by atoms with van der Waals surface area (Å²) in [6.45, 7) is 3.32. The Hall–Kier alpha value is -3.48. The fourth-order valence-electron chi connectivity index (χ4n) is 5.27. The lowest BCUT2D eigenvalue weighted by atomic mass is 10.0. The summed E-state index contributed by atoms with van der Waals surface area (Å²) >= 11 is 6.51. The number of fused-ring (bicyclic) bond motifs is 2. The van der Waals surface area contributed by atoms with Crippen molar-refractivity contribution in [3.05, 3.63) is 99.3 Å². The third-order valence-corrected chi connectivity index (χ3v) is 7.32. The third-order valence-electron chi connectivity index (χ3n) is 7.08. The van der Waals surface area contributed by atoms with Crippen molar-refractivity contribution in [1.82, 2.24) is 9.88 Å². The van der Waals surface area contributed by atoms with E-state index in [-0.39, 0.29) is 12.4 Å². The van der Waals surface area contributed by atoms with Gasteiger partial charge >= 0.3 is 0 Å². The van der Waals surface area contributed by atoms with Crippen molar-refractivity contribution in [2.45, 2.75) is 32.0 Å². The first-order valence-electron chi connectivity index (χ1n) is 12.4. The van der Waals surface area contributed by atoms with E-state index in [0.717, 1.165) is 65.1 Å². The molecular formula is C29H28ClN3O3. The average molecular weight is 502 g/mol. The number of benzene rings is 3. The highest BCUT2D eigenvalue weighted by molar-refractivity contribution is 6.31. The number of hydrogen-bond donors (Lipinski definition) is 1. The summed E-state index contributed by atoms with van der Waals surface area (Å²) in [5.41, 5.74) is 3.98. The van der Waals surface area contributed by atoms with Gasteiger partial charge in [-0.25, -0.2) is 0 Å². The molecule has 0 bridgehead atoms. The first-order valence-corrected chi connectivity index (χ1v) is 12.8. The van der Waals surface area contributed by atoms with Crippen molar-refractivity contribution in [2.75, 3.05) is 24.8 Å². The van der Waals surface area contributed by atoms with Crippen LogP contribution in [0.1, 0.15) is 24.0 Å². The largest absolute Gasteiger partial charge is 0.454 e. The normalized spacial score (nSPS) is 15.4. The molecule has 1 saturated heterocycles. The lowest BCUT2D eigenvalue weighted by Gasteiger charge is -2.37. The highest BCUT2D eigenvalue weighted by atomic mass is 35.5. The summed E-state index contributed by atoms with van der Waals surface area (Å²) in [5, 5.41) is 5.10. The maximum atomic E-state index is 13.6. The molecule has 0 spiro atoms. The first kappa shape index (κ1) is 23.0. The molecule has 1 N–H and O–H groups in total. The smallest absolute Gasteiger partial charge is 0.253 e. The van der Waals surface area contributed by atoms with Crippen LogP contribution in [0.15, 0.2) is 77.6 Å². The predicted molar refractivity (Wildman–Crippen MR) is 143 cm³/mol. The first-order chi connectivity index (χ1) is 17.7. The summed E-state index contributed by atoms with van der Waals surface area (Å²) in [6, 6.07) is 24.1. The minimum atomic E-state index is -0.0201. The highest BCUT2D eigenvalue weighted by Crippen LogP contribution is 2.36. The Kier molecular flexibility index (Phi) is 6.30. The van der Waals surface area contributed by atoms with Gasteiger partial charge in [-0.2, -0.15) is 0 Å². The molecule has 7 heteroatoms. The van der Waals surface area contributed by atoms with E-state index in [9.17, 15) is 4.79 Å². The summed E-state index contributed by atoms with van der Waals surface area (Å²) in [7, 11) is 0. The molecule has 0 aliphatic carbocycles. The van der Waals surface area contributed by atoms with Crippen molar-refractivity contribution >= 4 is 28.2 Å². The zero-order valence-electron chi connectivity index (χ0n) is 20.0. The SMILES string of the molecule is O=c1cc(N(Cc2ccc3c(c2)OCO3)C2CCNCC2)c2cc(Cl)ccc2n1Cc1ccccc1. The molecule has 184 valence electrons. The molecule has 2 aliphatic rings. The maximum Gasteiger partial charge on any atom is 0.253 e. The quantitative estimate of drug-likeness (QED) is 0.394. The number of rotatable bonds is 6. The second-order valence-electron chi connectivity index (χ2n) is 9.40. The highest BCUT2D eigenvalue weighted by Gasteiger charge is 2.25. The van der Waals surface area contributed by atoms with Crippen molar-refractivity contribution in [3.63, 3.8) is 0 Å². The zero-order valence-corrected chi connectivity index (χ0v) is 20.7. The fraction of sp³-hybridized carbons (Fsp3) is 0.276. The van der Waals surface area contributed by atoms with Crippen LogP contribution in [0, 0.1) is 0 Å². The van der Waals surface area contributed by atoms with Gasteiger partial charge in [0.25, 0.3) is 5.56 Å². The molecular weight excluding hydrogens is 474 g/mol. The summed E-state index contributed by atoms with van der Waals surface area (Å²) in [6.07, 6.45) is 2.00. The van der Waals surface area contributed by atoms with Gasteiger partial charge in [0.1, 0.15) is 0 Å². The van der Waals surface area contributed by atoms with E-state index in [2.05, 4.69) is 16.3 Å². The molecule has 3 aromatic carbocycles. The molecule has 0 atom stereocenters. The van der Waals surface area contributed by atoms with Gasteiger partial charge in [0.05, 0.1) is 17.7 Å². The van der Waals surface area contributed by atoms with Crippen molar-refractivity contribution < 1.29 is 9.47 Å². The second kappa shape index (κ2) is 9.88. The zero-order chi connectivity index (χ0) is 24.5. The molecule has 3 heterocycles. The predicted octanol–water partition coefficient (Wildman–Crippen LogP) is 5.19. The second-order valence-corrected chi connectivity index (χ2v) is 9.83. The fourth-order valence-corrected chi connectivity index (χ4v) is 5.44. The van der Waals surface area contributed by atoms with E-state index in [1.807, 2.05) is 65.2 Å². The lowest BCUT2D eigenvalue weighted by molar-refractivity contribution is 0.174. The van der Waals surface area contributed by atoms with Gasteiger partial charge < -0.3 is 24.3 Å². The number of halogens is 1. The molecule has 0 unspecified atom stereocenters. The molecule has 0 radical (unpaired) electrons. The Morgan fingerprint density at radius 3 is 2.56 bits per heavy atom. The molecule has 6 rings (SSSR count). The molecule has 4 aromatic rings. The Morgan fingerprint density at radius 2 is 1.72 bits per heavy atom. The van der Waals surface area contributed by atoms with Crippen LogP contribution in [-0.4, -0.2) is 30.5 Å². The van der Waals surface area contributed by atoms with Crippen molar-refractivity contribution in [2.24, 2.45) is 0 Å². The molecule has 0 saturated carbocycles. The lowest BCUT2D eigenvalue weighted by Crippen LogP contribution is -2.43. The number of piperidine rings is 1. The van der Waals surface area contributed by atoms with Crippen LogP contribution in [0.2, 0.25) is 5.02 Å². The Bertz CT molecular complexity index is 1450. The van der Waals surface area contributed by atoms with Gasteiger partial charge in [-0.3, -0.25) is 4.79 Å². The number of aromatic nitrogens is 1. The van der Waals surface area contributed by atoms with Gasteiger partial charge in [0, 0.05) is 29.1 Å². The minimum Gasteiger partial charge on any atom is -0.454 e.